The first-order valence-electron chi connectivity index (χ1n) is 7.89. The van der Waals surface area contributed by atoms with Gasteiger partial charge in [0.1, 0.15) is 5.82 Å². The largest absolute Gasteiger partial charge is 0.353 e. The van der Waals surface area contributed by atoms with E-state index in [0.717, 1.165) is 45.0 Å². The summed E-state index contributed by atoms with van der Waals surface area (Å²) in [6.07, 6.45) is 2.71. The van der Waals surface area contributed by atoms with Gasteiger partial charge in [0.15, 0.2) is 0 Å². The number of nitrogens with zero attached hydrogens (tertiary/aromatic N) is 4. The summed E-state index contributed by atoms with van der Waals surface area (Å²) in [7, 11) is 6.19. The van der Waals surface area contributed by atoms with E-state index >= 15 is 0 Å². The zero-order valence-corrected chi connectivity index (χ0v) is 13.9. The van der Waals surface area contributed by atoms with Gasteiger partial charge in [0.2, 0.25) is 0 Å². The molecule has 1 N–H and O–H groups in total. The van der Waals surface area contributed by atoms with Crippen molar-refractivity contribution in [3.63, 3.8) is 0 Å². The van der Waals surface area contributed by atoms with Gasteiger partial charge >= 0.3 is 0 Å². The SMILES string of the molecule is CN(C)CCCNC(=O)c1cccnc1N1CCN(C)CC1. The summed E-state index contributed by atoms with van der Waals surface area (Å²) in [6.45, 7) is 5.48. The molecule has 1 amide bonds. The lowest BCUT2D eigenvalue weighted by Crippen LogP contribution is -2.45. The highest BCUT2D eigenvalue weighted by atomic mass is 16.1. The molecule has 2 heterocycles. The van der Waals surface area contributed by atoms with Gasteiger partial charge in [-0.05, 0) is 46.2 Å². The zero-order valence-electron chi connectivity index (χ0n) is 13.9. The second-order valence-electron chi connectivity index (χ2n) is 6.08. The average molecular weight is 305 g/mol. The highest BCUT2D eigenvalue weighted by Crippen LogP contribution is 2.18. The van der Waals surface area contributed by atoms with Crippen molar-refractivity contribution in [1.82, 2.24) is 20.1 Å². The third-order valence-corrected chi connectivity index (χ3v) is 3.90. The summed E-state index contributed by atoms with van der Waals surface area (Å²) >= 11 is 0. The maximum Gasteiger partial charge on any atom is 0.255 e. The molecule has 0 radical (unpaired) electrons. The lowest BCUT2D eigenvalue weighted by atomic mass is 10.2. The first kappa shape index (κ1) is 16.7. The minimum atomic E-state index is -0.0271. The van der Waals surface area contributed by atoms with Gasteiger partial charge in [-0.3, -0.25) is 4.79 Å². The summed E-state index contributed by atoms with van der Waals surface area (Å²) in [6, 6.07) is 3.69. The Morgan fingerprint density at radius 2 is 2.05 bits per heavy atom. The lowest BCUT2D eigenvalue weighted by Gasteiger charge is -2.34. The molecular weight excluding hydrogens is 278 g/mol. The average Bonchev–Trinajstić information content (AvgIpc) is 2.52. The third kappa shape index (κ3) is 4.68. The fourth-order valence-corrected chi connectivity index (χ4v) is 2.54. The fraction of sp³-hybridized carbons (Fsp3) is 0.625. The third-order valence-electron chi connectivity index (χ3n) is 3.90. The van der Waals surface area contributed by atoms with Crippen molar-refractivity contribution in [2.24, 2.45) is 0 Å². The number of carbonyl (C=O) groups excluding carboxylic acids is 1. The van der Waals surface area contributed by atoms with E-state index in [1.165, 1.54) is 0 Å². The Balaban J connectivity index is 1.97. The summed E-state index contributed by atoms with van der Waals surface area (Å²) < 4.78 is 0. The molecule has 0 aromatic carbocycles. The van der Waals surface area contributed by atoms with Crippen LogP contribution in [0.1, 0.15) is 16.8 Å². The van der Waals surface area contributed by atoms with E-state index in [1.807, 2.05) is 26.2 Å². The highest BCUT2D eigenvalue weighted by Gasteiger charge is 2.20. The van der Waals surface area contributed by atoms with Crippen molar-refractivity contribution in [3.05, 3.63) is 23.9 Å². The minimum absolute atomic E-state index is 0.0271. The Morgan fingerprint density at radius 3 is 2.73 bits per heavy atom. The number of carbonyl (C=O) groups is 1. The molecule has 6 heteroatoms. The zero-order chi connectivity index (χ0) is 15.9. The first-order chi connectivity index (χ1) is 10.6. The van der Waals surface area contributed by atoms with Crippen LogP contribution in [0.25, 0.3) is 0 Å². The predicted molar refractivity (Wildman–Crippen MR) is 89.5 cm³/mol. The molecule has 0 atom stereocenters. The Hall–Kier alpha value is -1.66. The highest BCUT2D eigenvalue weighted by molar-refractivity contribution is 5.98. The fourth-order valence-electron chi connectivity index (χ4n) is 2.54. The number of hydrogen-bond acceptors (Lipinski definition) is 5. The van der Waals surface area contributed by atoms with E-state index in [0.29, 0.717) is 12.1 Å². The molecular formula is C16H27N5O. The van der Waals surface area contributed by atoms with E-state index in [4.69, 9.17) is 0 Å². The number of pyridine rings is 1. The van der Waals surface area contributed by atoms with Crippen molar-refractivity contribution in [2.75, 3.05) is 65.3 Å². The van der Waals surface area contributed by atoms with Crippen LogP contribution in [-0.2, 0) is 0 Å². The number of rotatable bonds is 6. The number of hydrogen-bond donors (Lipinski definition) is 1. The van der Waals surface area contributed by atoms with Crippen molar-refractivity contribution in [2.45, 2.75) is 6.42 Å². The summed E-state index contributed by atoms with van der Waals surface area (Å²) in [5.74, 6) is 0.779. The molecule has 1 saturated heterocycles. The number of anilines is 1. The first-order valence-corrected chi connectivity index (χ1v) is 7.89. The van der Waals surface area contributed by atoms with Crippen LogP contribution in [0.5, 0.6) is 0 Å². The quantitative estimate of drug-likeness (QED) is 0.776. The van der Waals surface area contributed by atoms with Crippen LogP contribution < -0.4 is 10.2 Å². The number of piperazine rings is 1. The molecule has 1 aromatic rings. The lowest BCUT2D eigenvalue weighted by molar-refractivity contribution is 0.0952. The topological polar surface area (TPSA) is 51.7 Å². The van der Waals surface area contributed by atoms with Gasteiger partial charge < -0.3 is 20.0 Å². The van der Waals surface area contributed by atoms with Gasteiger partial charge in [0.25, 0.3) is 5.91 Å². The number of nitrogens with one attached hydrogen (secondary N) is 1. The smallest absolute Gasteiger partial charge is 0.255 e. The Morgan fingerprint density at radius 1 is 1.32 bits per heavy atom. The molecule has 1 aromatic heterocycles. The summed E-state index contributed by atoms with van der Waals surface area (Å²) in [4.78, 5) is 23.5. The van der Waals surface area contributed by atoms with Gasteiger partial charge in [-0.1, -0.05) is 0 Å². The molecule has 1 aliphatic rings. The minimum Gasteiger partial charge on any atom is -0.353 e. The number of amides is 1. The van der Waals surface area contributed by atoms with E-state index < -0.39 is 0 Å². The maximum absolute atomic E-state index is 12.4. The molecule has 122 valence electrons. The van der Waals surface area contributed by atoms with Gasteiger partial charge in [0, 0.05) is 38.9 Å². The van der Waals surface area contributed by atoms with Gasteiger partial charge in [-0.15, -0.1) is 0 Å². The molecule has 1 aliphatic heterocycles. The second kappa shape index (κ2) is 8.10. The van der Waals surface area contributed by atoms with Crippen molar-refractivity contribution < 1.29 is 4.79 Å². The number of likely N-dealkylation sites (N-methyl/N-ethyl adjacent to an activating group) is 1. The maximum atomic E-state index is 12.4. The molecule has 6 nitrogen and oxygen atoms in total. The molecule has 0 bridgehead atoms. The molecule has 0 spiro atoms. The summed E-state index contributed by atoms with van der Waals surface area (Å²) in [5.41, 5.74) is 0.678. The monoisotopic (exact) mass is 305 g/mol. The molecule has 2 rings (SSSR count). The Kier molecular flexibility index (Phi) is 6.15. The van der Waals surface area contributed by atoms with Crippen LogP contribution >= 0.6 is 0 Å². The van der Waals surface area contributed by atoms with Crippen LogP contribution in [0.15, 0.2) is 18.3 Å². The van der Waals surface area contributed by atoms with Crippen molar-refractivity contribution in [3.8, 4) is 0 Å². The predicted octanol–water partition coefficient (Wildman–Crippen LogP) is 0.515. The standard InChI is InChI=1S/C16H27N5O/c1-19(2)9-5-8-18-16(22)14-6-4-7-17-15(14)21-12-10-20(3)11-13-21/h4,6-7H,5,8-13H2,1-3H3,(H,18,22). The molecule has 1 fully saturated rings. The second-order valence-corrected chi connectivity index (χ2v) is 6.08. The molecule has 0 unspecified atom stereocenters. The van der Waals surface area contributed by atoms with E-state index in [9.17, 15) is 4.79 Å². The van der Waals surface area contributed by atoms with E-state index in [2.05, 4.69) is 32.0 Å². The van der Waals surface area contributed by atoms with E-state index in [1.54, 1.807) is 6.20 Å². The van der Waals surface area contributed by atoms with Crippen LogP contribution in [0.2, 0.25) is 0 Å². The van der Waals surface area contributed by atoms with Gasteiger partial charge in [-0.2, -0.15) is 0 Å². The van der Waals surface area contributed by atoms with Crippen LogP contribution in [0, 0.1) is 0 Å². The number of aromatic nitrogens is 1. The molecule has 0 saturated carbocycles. The molecule has 0 aliphatic carbocycles. The normalized spacial score (nSPS) is 16.1. The van der Waals surface area contributed by atoms with Crippen LogP contribution in [0.3, 0.4) is 0 Å². The molecule has 22 heavy (non-hydrogen) atoms. The van der Waals surface area contributed by atoms with E-state index in [-0.39, 0.29) is 5.91 Å². The summed E-state index contributed by atoms with van der Waals surface area (Å²) in [5, 5.41) is 3.00. The Bertz CT molecular complexity index is 483. The van der Waals surface area contributed by atoms with Crippen LogP contribution in [-0.4, -0.2) is 81.1 Å². The van der Waals surface area contributed by atoms with Gasteiger partial charge in [-0.25, -0.2) is 4.98 Å². The Labute approximate surface area is 133 Å². The van der Waals surface area contributed by atoms with Crippen molar-refractivity contribution >= 4 is 11.7 Å². The van der Waals surface area contributed by atoms with Crippen LogP contribution in [0.4, 0.5) is 5.82 Å². The van der Waals surface area contributed by atoms with Crippen molar-refractivity contribution in [1.29, 1.82) is 0 Å². The van der Waals surface area contributed by atoms with Gasteiger partial charge in [0.05, 0.1) is 5.56 Å².